The van der Waals surface area contributed by atoms with Crippen LogP contribution in [0.5, 0.6) is 5.75 Å². The third-order valence-corrected chi connectivity index (χ3v) is 14.6. The number of halogens is 3. The van der Waals surface area contributed by atoms with Gasteiger partial charge >= 0.3 is 0 Å². The lowest BCUT2D eigenvalue weighted by molar-refractivity contribution is -0.144. The van der Waals surface area contributed by atoms with Gasteiger partial charge < -0.3 is 30.1 Å². The van der Waals surface area contributed by atoms with Crippen LogP contribution in [0.1, 0.15) is 115 Å². The molecule has 0 unspecified atom stereocenters. The number of benzene rings is 3. The van der Waals surface area contributed by atoms with Gasteiger partial charge in [0, 0.05) is 56.4 Å². The number of aliphatic hydroxyl groups is 1. The number of carbonyl (C=O) groups excluding carboxylic acids is 3. The normalized spacial score (nSPS) is 20.2. The molecule has 3 N–H and O–H groups in total. The van der Waals surface area contributed by atoms with E-state index in [1.165, 1.54) is 30.9 Å². The molecule has 3 aliphatic rings. The van der Waals surface area contributed by atoms with Gasteiger partial charge in [0.1, 0.15) is 41.7 Å². The van der Waals surface area contributed by atoms with Crippen molar-refractivity contribution in [2.45, 2.75) is 137 Å². The number of amides is 3. The number of β-amino-alcohol motifs (C(OH)–C–C–N with tert-alkyl or cyclic N) is 1. The second-order valence-corrected chi connectivity index (χ2v) is 22.3. The molecule has 0 radical (unpaired) electrons. The molecule has 3 heterocycles. The first-order valence-corrected chi connectivity index (χ1v) is 24.9. The Bertz CT molecular complexity index is 2510. The van der Waals surface area contributed by atoms with Crippen LogP contribution in [0.4, 0.5) is 13.2 Å². The Morgan fingerprint density at radius 2 is 1.65 bits per heavy atom. The SMILES string of the molecule is Cc1ncsc1-c1ccc(CNC(=O)[C@@H]2C[C@@H](O)CN2C(=O)[C@@H](NC(=O)COCCC(C)(C)CCOc2cc(F)c([C@@H]3C4=C(C[C@@H](C)N3CC(C)(C)F)c3ccccc3C4)c(F)c2)C(C)(C)C)cc1. The average Bonchev–Trinajstić information content (AvgIpc) is 3.99. The van der Waals surface area contributed by atoms with Crippen molar-refractivity contribution in [3.63, 3.8) is 0 Å². The number of aromatic nitrogens is 1. The van der Waals surface area contributed by atoms with Gasteiger partial charge in [0.2, 0.25) is 17.7 Å². The topological polar surface area (TPSA) is 133 Å². The zero-order valence-electron chi connectivity index (χ0n) is 41.4. The number of carbonyl (C=O) groups is 3. The van der Waals surface area contributed by atoms with E-state index in [2.05, 4.69) is 15.6 Å². The maximum Gasteiger partial charge on any atom is 0.246 e. The molecule has 2 aliphatic heterocycles. The van der Waals surface area contributed by atoms with Crippen molar-refractivity contribution >= 4 is 34.6 Å². The van der Waals surface area contributed by atoms with Crippen molar-refractivity contribution < 1.29 is 42.1 Å². The highest BCUT2D eigenvalue weighted by atomic mass is 32.1. The van der Waals surface area contributed by atoms with E-state index in [0.29, 0.717) is 25.7 Å². The Labute approximate surface area is 408 Å². The highest BCUT2D eigenvalue weighted by Crippen LogP contribution is 2.50. The Kier molecular flexibility index (Phi) is 15.8. The number of thiazole rings is 1. The van der Waals surface area contributed by atoms with Gasteiger partial charge in [-0.05, 0) is 97.6 Å². The summed E-state index contributed by atoms with van der Waals surface area (Å²) in [5.41, 5.74) is 6.09. The molecule has 3 amide bonds. The molecule has 15 heteroatoms. The summed E-state index contributed by atoms with van der Waals surface area (Å²) in [7, 11) is 0. The number of likely N-dealkylation sites (tertiary alicyclic amines) is 1. The second-order valence-electron chi connectivity index (χ2n) is 21.5. The maximum absolute atomic E-state index is 16.2. The minimum absolute atomic E-state index is 0.0170. The summed E-state index contributed by atoms with van der Waals surface area (Å²) < 4.78 is 59.5. The van der Waals surface area contributed by atoms with Gasteiger partial charge in [-0.2, -0.15) is 0 Å². The van der Waals surface area contributed by atoms with Crippen LogP contribution in [0.15, 0.2) is 71.7 Å². The molecular formula is C54H68F3N5O6S. The summed E-state index contributed by atoms with van der Waals surface area (Å²) in [5.74, 6) is -2.78. The molecule has 1 aromatic heterocycles. The summed E-state index contributed by atoms with van der Waals surface area (Å²) in [5, 5.41) is 16.4. The Hall–Kier alpha value is -5.09. The molecule has 5 atom stereocenters. The van der Waals surface area contributed by atoms with Crippen molar-refractivity contribution in [2.75, 3.05) is 32.9 Å². The fourth-order valence-electron chi connectivity index (χ4n) is 9.82. The number of ether oxygens (including phenoxy) is 2. The van der Waals surface area contributed by atoms with Crippen LogP contribution in [-0.2, 0) is 32.1 Å². The lowest BCUT2D eigenvalue weighted by atomic mass is 9.84. The molecule has 0 bridgehead atoms. The Morgan fingerprint density at radius 1 is 0.971 bits per heavy atom. The van der Waals surface area contributed by atoms with Gasteiger partial charge in [0.05, 0.1) is 34.8 Å². The van der Waals surface area contributed by atoms with E-state index in [9.17, 15) is 19.5 Å². The summed E-state index contributed by atoms with van der Waals surface area (Å²) in [4.78, 5) is 49.5. The second kappa shape index (κ2) is 21.1. The predicted octanol–water partition coefficient (Wildman–Crippen LogP) is 9.30. The molecule has 7 rings (SSSR count). The molecule has 1 saturated heterocycles. The number of alkyl halides is 1. The number of aryl methyl sites for hydroxylation is 1. The number of fused-ring (bicyclic) bond motifs is 2. The van der Waals surface area contributed by atoms with Gasteiger partial charge in [0.25, 0.3) is 0 Å². The largest absolute Gasteiger partial charge is 0.493 e. The summed E-state index contributed by atoms with van der Waals surface area (Å²) in [6.45, 7) is 16.7. The molecule has 69 heavy (non-hydrogen) atoms. The summed E-state index contributed by atoms with van der Waals surface area (Å²) in [6.07, 6.45) is 1.43. The number of nitrogens with one attached hydrogen (secondary N) is 2. The Morgan fingerprint density at radius 3 is 2.30 bits per heavy atom. The number of rotatable bonds is 18. The van der Waals surface area contributed by atoms with Crippen LogP contribution in [0.25, 0.3) is 16.0 Å². The van der Waals surface area contributed by atoms with Gasteiger partial charge in [-0.15, -0.1) is 11.3 Å². The lowest BCUT2D eigenvalue weighted by Crippen LogP contribution is -2.58. The van der Waals surface area contributed by atoms with Gasteiger partial charge in [-0.25, -0.2) is 18.2 Å². The van der Waals surface area contributed by atoms with E-state index in [1.54, 1.807) is 16.8 Å². The van der Waals surface area contributed by atoms with Gasteiger partial charge in [-0.1, -0.05) is 83.1 Å². The van der Waals surface area contributed by atoms with Gasteiger partial charge in [-0.3, -0.25) is 19.3 Å². The molecule has 0 saturated carbocycles. The van der Waals surface area contributed by atoms with Crippen LogP contribution in [0.2, 0.25) is 0 Å². The minimum atomic E-state index is -1.59. The smallest absolute Gasteiger partial charge is 0.246 e. The van der Waals surface area contributed by atoms with E-state index in [1.807, 2.05) is 102 Å². The van der Waals surface area contributed by atoms with Crippen LogP contribution in [-0.4, -0.2) is 100 Å². The molecule has 4 aromatic rings. The number of aliphatic hydroxyl groups excluding tert-OH is 1. The van der Waals surface area contributed by atoms with Crippen LogP contribution in [0.3, 0.4) is 0 Å². The van der Waals surface area contributed by atoms with E-state index in [4.69, 9.17) is 9.47 Å². The van der Waals surface area contributed by atoms with Crippen molar-refractivity contribution in [2.24, 2.45) is 10.8 Å². The molecule has 1 fully saturated rings. The lowest BCUT2D eigenvalue weighted by Gasteiger charge is -2.44. The average molecular weight is 972 g/mol. The molecule has 1 aliphatic carbocycles. The fourth-order valence-corrected chi connectivity index (χ4v) is 10.6. The third-order valence-electron chi connectivity index (χ3n) is 13.6. The third kappa shape index (κ3) is 12.5. The molecule has 0 spiro atoms. The number of hydrogen-bond acceptors (Lipinski definition) is 9. The van der Waals surface area contributed by atoms with Crippen molar-refractivity contribution in [1.29, 1.82) is 0 Å². The maximum atomic E-state index is 16.2. The zero-order valence-corrected chi connectivity index (χ0v) is 42.2. The van der Waals surface area contributed by atoms with Crippen LogP contribution < -0.4 is 15.4 Å². The predicted molar refractivity (Wildman–Crippen MR) is 263 cm³/mol. The van der Waals surface area contributed by atoms with Crippen LogP contribution in [0, 0.1) is 29.4 Å². The minimum Gasteiger partial charge on any atom is -0.493 e. The molecule has 372 valence electrons. The monoisotopic (exact) mass is 971 g/mol. The first-order valence-electron chi connectivity index (χ1n) is 24.0. The van der Waals surface area contributed by atoms with E-state index in [0.717, 1.165) is 44.0 Å². The van der Waals surface area contributed by atoms with Crippen molar-refractivity contribution in [1.82, 2.24) is 25.4 Å². The zero-order chi connectivity index (χ0) is 50.0. The highest BCUT2D eigenvalue weighted by molar-refractivity contribution is 7.13. The van der Waals surface area contributed by atoms with Crippen molar-refractivity contribution in [3.05, 3.63) is 111 Å². The quantitative estimate of drug-likeness (QED) is 0.0842. The first kappa shape index (κ1) is 51.8. The van der Waals surface area contributed by atoms with Crippen LogP contribution >= 0.6 is 11.3 Å². The van der Waals surface area contributed by atoms with E-state index in [-0.39, 0.29) is 68.6 Å². The van der Waals surface area contributed by atoms with E-state index >= 15 is 13.2 Å². The fraction of sp³-hybridized carbons (Fsp3) is 0.519. The number of nitrogens with zero attached hydrogens (tertiary/aromatic N) is 3. The standard InChI is InChI=1S/C54H68F3N5O6S/c1-32-22-40-39-13-11-10-12-36(39)23-41(40)47(62(32)30-54(8,9)57)46-42(55)25-38(26-43(46)56)68-21-19-53(6,7)18-20-67-29-45(64)60-49(52(3,4)5)51(66)61-28-37(63)24-44(61)50(65)58-27-34-14-16-35(17-15-34)48-33(2)59-31-69-48/h10-17,25-26,31-32,37,44,47,49,63H,18-24,27-30H2,1-9H3,(H,58,65)(H,60,64)/t32-,37-,44+,47+,49-/m1/s1. The first-order chi connectivity index (χ1) is 32.5. The Balaban J connectivity index is 0.891. The molecule has 3 aromatic carbocycles. The van der Waals surface area contributed by atoms with Crippen molar-refractivity contribution in [3.8, 4) is 16.2 Å². The summed E-state index contributed by atoms with van der Waals surface area (Å²) >= 11 is 1.56. The number of hydrogen-bond donors (Lipinski definition) is 3. The highest BCUT2D eigenvalue weighted by Gasteiger charge is 2.45. The molecule has 11 nitrogen and oxygen atoms in total. The van der Waals surface area contributed by atoms with E-state index < -0.39 is 64.7 Å². The van der Waals surface area contributed by atoms with Gasteiger partial charge in [0.15, 0.2) is 0 Å². The molecular weight excluding hydrogens is 904 g/mol. The summed E-state index contributed by atoms with van der Waals surface area (Å²) in [6, 6.07) is 15.4.